The number of hydrogen-bond acceptors (Lipinski definition) is 4. The Labute approximate surface area is 154 Å². The molecule has 0 atom stereocenters. The molecular formula is C18H13Cl2N3O2. The van der Waals surface area contributed by atoms with Crippen molar-refractivity contribution >= 4 is 35.3 Å². The van der Waals surface area contributed by atoms with Crippen molar-refractivity contribution in [3.63, 3.8) is 0 Å². The molecule has 2 heterocycles. The van der Waals surface area contributed by atoms with Gasteiger partial charge in [-0.15, -0.1) is 0 Å². The van der Waals surface area contributed by atoms with E-state index in [1.165, 1.54) is 12.4 Å². The van der Waals surface area contributed by atoms with E-state index in [2.05, 4.69) is 15.5 Å². The van der Waals surface area contributed by atoms with Crippen LogP contribution in [0.2, 0.25) is 10.0 Å². The van der Waals surface area contributed by atoms with Crippen molar-refractivity contribution in [2.24, 2.45) is 5.10 Å². The molecule has 0 aliphatic heterocycles. The first-order valence-electron chi connectivity index (χ1n) is 7.35. The zero-order chi connectivity index (χ0) is 17.8. The lowest BCUT2D eigenvalue weighted by atomic mass is 10.2. The zero-order valence-electron chi connectivity index (χ0n) is 13.2. The number of carbonyl (C=O) groups excluding carboxylic acids is 1. The Morgan fingerprint density at radius 1 is 1.20 bits per heavy atom. The van der Waals surface area contributed by atoms with E-state index in [0.717, 1.165) is 5.69 Å². The molecule has 0 bridgehead atoms. The molecule has 0 aliphatic carbocycles. The van der Waals surface area contributed by atoms with Crippen molar-refractivity contribution in [2.45, 2.75) is 6.92 Å². The first kappa shape index (κ1) is 17.2. The van der Waals surface area contributed by atoms with Crippen molar-refractivity contribution in [2.75, 3.05) is 0 Å². The van der Waals surface area contributed by atoms with E-state index in [9.17, 15) is 4.79 Å². The monoisotopic (exact) mass is 373 g/mol. The molecule has 0 saturated heterocycles. The van der Waals surface area contributed by atoms with Crippen LogP contribution in [0.5, 0.6) is 0 Å². The van der Waals surface area contributed by atoms with Crippen molar-refractivity contribution in [1.82, 2.24) is 10.4 Å². The highest BCUT2D eigenvalue weighted by atomic mass is 35.5. The molecule has 3 rings (SSSR count). The van der Waals surface area contributed by atoms with Gasteiger partial charge in [-0.3, -0.25) is 9.78 Å². The third-order valence-corrected chi connectivity index (χ3v) is 4.19. The van der Waals surface area contributed by atoms with Gasteiger partial charge in [0.05, 0.1) is 21.8 Å². The minimum Gasteiger partial charge on any atom is -0.455 e. The minimum atomic E-state index is -0.353. The second kappa shape index (κ2) is 7.51. The molecule has 2 aromatic heterocycles. The minimum absolute atomic E-state index is 0.353. The van der Waals surface area contributed by atoms with Gasteiger partial charge in [-0.25, -0.2) is 5.43 Å². The zero-order valence-corrected chi connectivity index (χ0v) is 14.7. The molecule has 0 unspecified atom stereocenters. The quantitative estimate of drug-likeness (QED) is 0.531. The second-order valence-electron chi connectivity index (χ2n) is 5.19. The van der Waals surface area contributed by atoms with E-state index in [4.69, 9.17) is 27.6 Å². The van der Waals surface area contributed by atoms with E-state index in [0.29, 0.717) is 32.7 Å². The molecule has 5 nitrogen and oxygen atoms in total. The van der Waals surface area contributed by atoms with Crippen LogP contribution in [0.15, 0.2) is 58.2 Å². The van der Waals surface area contributed by atoms with Crippen LogP contribution in [-0.2, 0) is 0 Å². The predicted octanol–water partition coefficient (Wildman–Crippen LogP) is 4.72. The SMILES string of the molecule is Cc1ccc(C(=O)N/N=C/c2ccc(-c3cccc(Cl)c3Cl)o2)cn1. The van der Waals surface area contributed by atoms with Crippen molar-refractivity contribution in [1.29, 1.82) is 0 Å². The lowest BCUT2D eigenvalue weighted by molar-refractivity contribution is 0.0954. The first-order chi connectivity index (χ1) is 12.0. The van der Waals surface area contributed by atoms with E-state index in [1.54, 1.807) is 42.5 Å². The van der Waals surface area contributed by atoms with Crippen molar-refractivity contribution < 1.29 is 9.21 Å². The lowest BCUT2D eigenvalue weighted by Gasteiger charge is -2.02. The van der Waals surface area contributed by atoms with Crippen molar-refractivity contribution in [3.05, 3.63) is 75.7 Å². The number of nitrogens with one attached hydrogen (secondary N) is 1. The first-order valence-corrected chi connectivity index (χ1v) is 8.10. The van der Waals surface area contributed by atoms with Gasteiger partial charge < -0.3 is 4.42 Å². The number of benzene rings is 1. The topological polar surface area (TPSA) is 67.5 Å². The number of furan rings is 1. The van der Waals surface area contributed by atoms with E-state index in [-0.39, 0.29) is 5.91 Å². The van der Waals surface area contributed by atoms with Crippen LogP contribution < -0.4 is 5.43 Å². The maximum absolute atomic E-state index is 11.9. The van der Waals surface area contributed by atoms with E-state index >= 15 is 0 Å². The number of nitrogens with zero attached hydrogens (tertiary/aromatic N) is 2. The maximum Gasteiger partial charge on any atom is 0.272 e. The highest BCUT2D eigenvalue weighted by Crippen LogP contribution is 2.34. The average Bonchev–Trinajstić information content (AvgIpc) is 3.06. The molecule has 0 aliphatic rings. The van der Waals surface area contributed by atoms with Gasteiger partial charge in [0, 0.05) is 17.5 Å². The van der Waals surface area contributed by atoms with Gasteiger partial charge in [0.25, 0.3) is 5.91 Å². The Kier molecular flexibility index (Phi) is 5.16. The number of pyridine rings is 1. The summed E-state index contributed by atoms with van der Waals surface area (Å²) in [5.74, 6) is 0.671. The van der Waals surface area contributed by atoms with Crippen LogP contribution >= 0.6 is 23.2 Å². The molecule has 0 radical (unpaired) electrons. The Hall–Kier alpha value is -2.63. The van der Waals surface area contributed by atoms with Gasteiger partial charge in [0.2, 0.25) is 0 Å². The number of hydrogen-bond donors (Lipinski definition) is 1. The van der Waals surface area contributed by atoms with Crippen LogP contribution in [0.25, 0.3) is 11.3 Å². The van der Waals surface area contributed by atoms with Gasteiger partial charge in [0.15, 0.2) is 0 Å². The smallest absolute Gasteiger partial charge is 0.272 e. The van der Waals surface area contributed by atoms with E-state index < -0.39 is 0 Å². The van der Waals surface area contributed by atoms with Crippen LogP contribution in [-0.4, -0.2) is 17.1 Å². The Balaban J connectivity index is 1.69. The molecule has 0 fully saturated rings. The summed E-state index contributed by atoms with van der Waals surface area (Å²) >= 11 is 12.2. The average molecular weight is 374 g/mol. The summed E-state index contributed by atoms with van der Waals surface area (Å²) in [4.78, 5) is 16.0. The predicted molar refractivity (Wildman–Crippen MR) is 98.2 cm³/mol. The third kappa shape index (κ3) is 4.07. The highest BCUT2D eigenvalue weighted by Gasteiger charge is 2.10. The number of amides is 1. The second-order valence-corrected chi connectivity index (χ2v) is 5.98. The largest absolute Gasteiger partial charge is 0.455 e. The molecule has 0 saturated carbocycles. The Bertz CT molecular complexity index is 934. The Morgan fingerprint density at radius 2 is 2.04 bits per heavy atom. The summed E-state index contributed by atoms with van der Waals surface area (Å²) in [6.45, 7) is 1.85. The van der Waals surface area contributed by atoms with Crippen LogP contribution in [0.3, 0.4) is 0 Å². The number of carbonyl (C=O) groups is 1. The normalized spacial score (nSPS) is 11.0. The summed E-state index contributed by atoms with van der Waals surface area (Å²) in [5, 5.41) is 4.75. The third-order valence-electron chi connectivity index (χ3n) is 3.38. The maximum atomic E-state index is 11.9. The molecule has 3 aromatic rings. The summed E-state index contributed by atoms with van der Waals surface area (Å²) in [5.41, 5.74) is 4.36. The van der Waals surface area contributed by atoms with Gasteiger partial charge in [0.1, 0.15) is 11.5 Å². The number of aromatic nitrogens is 1. The van der Waals surface area contributed by atoms with Crippen molar-refractivity contribution in [3.8, 4) is 11.3 Å². The summed E-state index contributed by atoms with van der Waals surface area (Å²) < 4.78 is 5.65. The summed E-state index contributed by atoms with van der Waals surface area (Å²) in [6, 6.07) is 12.2. The standard InChI is InChI=1S/C18H13Cl2N3O2/c1-11-5-6-12(9-21-11)18(24)23-22-10-13-7-8-16(25-13)14-3-2-4-15(19)17(14)20/h2-10H,1H3,(H,23,24)/b22-10+. The van der Waals surface area contributed by atoms with Crippen LogP contribution in [0.1, 0.15) is 21.8 Å². The molecule has 0 spiro atoms. The molecule has 25 heavy (non-hydrogen) atoms. The molecule has 7 heteroatoms. The number of halogens is 2. The van der Waals surface area contributed by atoms with Crippen LogP contribution in [0, 0.1) is 6.92 Å². The van der Waals surface area contributed by atoms with E-state index in [1.807, 2.05) is 6.92 Å². The highest BCUT2D eigenvalue weighted by molar-refractivity contribution is 6.43. The molecule has 1 aromatic carbocycles. The lowest BCUT2D eigenvalue weighted by Crippen LogP contribution is -2.17. The van der Waals surface area contributed by atoms with Gasteiger partial charge >= 0.3 is 0 Å². The fourth-order valence-corrected chi connectivity index (χ4v) is 2.48. The summed E-state index contributed by atoms with van der Waals surface area (Å²) in [7, 11) is 0. The van der Waals surface area contributed by atoms with Crippen LogP contribution in [0.4, 0.5) is 0 Å². The number of aryl methyl sites for hydroxylation is 1. The van der Waals surface area contributed by atoms with Gasteiger partial charge in [-0.05, 0) is 43.3 Å². The fourth-order valence-electron chi connectivity index (χ4n) is 2.08. The summed E-state index contributed by atoms with van der Waals surface area (Å²) in [6.07, 6.45) is 2.90. The van der Waals surface area contributed by atoms with Gasteiger partial charge in [-0.2, -0.15) is 5.10 Å². The number of hydrazone groups is 1. The van der Waals surface area contributed by atoms with Gasteiger partial charge in [-0.1, -0.05) is 29.3 Å². The fraction of sp³-hybridized carbons (Fsp3) is 0.0556. The molecular weight excluding hydrogens is 361 g/mol. The molecule has 1 N–H and O–H groups in total. The Morgan fingerprint density at radius 3 is 2.80 bits per heavy atom. The molecule has 1 amide bonds. The molecule has 126 valence electrons. The number of rotatable bonds is 4.